The van der Waals surface area contributed by atoms with Crippen LogP contribution < -0.4 is 5.32 Å². The standard InChI is InChI=1S/C25H37N3O/c1-20(19-22(26)18-17-21-11-5-2-6-12-21)27-25(29)28(23-13-7-3-8-14-23)24-15-9-4-10-16-24/h2,5-6,11-12,17-18,20,23-24,26H,3-4,7-10,13-16,19H2,1H3,(H,27,29)/t20-/m0/s1. The maximum absolute atomic E-state index is 13.2. The highest BCUT2D eigenvalue weighted by molar-refractivity contribution is 5.96. The van der Waals surface area contributed by atoms with Crippen molar-refractivity contribution < 1.29 is 4.79 Å². The van der Waals surface area contributed by atoms with Gasteiger partial charge >= 0.3 is 6.03 Å². The molecule has 1 aromatic carbocycles. The molecule has 2 fully saturated rings. The zero-order valence-electron chi connectivity index (χ0n) is 17.9. The number of allylic oxidation sites excluding steroid dienone is 1. The summed E-state index contributed by atoms with van der Waals surface area (Å²) < 4.78 is 0. The van der Waals surface area contributed by atoms with Gasteiger partial charge in [0.1, 0.15) is 0 Å². The molecule has 0 saturated heterocycles. The van der Waals surface area contributed by atoms with E-state index in [1.807, 2.05) is 49.4 Å². The molecule has 2 saturated carbocycles. The number of carbonyl (C=O) groups excluding carboxylic acids is 1. The van der Waals surface area contributed by atoms with Crippen molar-refractivity contribution in [2.75, 3.05) is 0 Å². The van der Waals surface area contributed by atoms with Crippen molar-refractivity contribution in [3.63, 3.8) is 0 Å². The summed E-state index contributed by atoms with van der Waals surface area (Å²) in [5.41, 5.74) is 1.64. The minimum Gasteiger partial charge on any atom is -0.335 e. The monoisotopic (exact) mass is 395 g/mol. The second kappa shape index (κ2) is 11.2. The maximum atomic E-state index is 13.2. The largest absolute Gasteiger partial charge is 0.335 e. The summed E-state index contributed by atoms with van der Waals surface area (Å²) in [6.45, 7) is 2.02. The van der Waals surface area contributed by atoms with Crippen molar-refractivity contribution in [3.8, 4) is 0 Å². The van der Waals surface area contributed by atoms with Gasteiger partial charge in [-0.15, -0.1) is 0 Å². The zero-order valence-corrected chi connectivity index (χ0v) is 17.9. The molecule has 2 amide bonds. The van der Waals surface area contributed by atoms with E-state index >= 15 is 0 Å². The molecule has 4 heteroatoms. The van der Waals surface area contributed by atoms with E-state index in [-0.39, 0.29) is 12.1 Å². The lowest BCUT2D eigenvalue weighted by atomic mass is 9.89. The van der Waals surface area contributed by atoms with E-state index in [1.54, 1.807) is 0 Å². The van der Waals surface area contributed by atoms with Gasteiger partial charge in [0.05, 0.1) is 0 Å². The zero-order chi connectivity index (χ0) is 20.5. The first-order valence-electron chi connectivity index (χ1n) is 11.5. The van der Waals surface area contributed by atoms with Gasteiger partial charge in [-0.1, -0.05) is 74.9 Å². The fourth-order valence-electron chi connectivity index (χ4n) is 4.84. The average Bonchev–Trinajstić information content (AvgIpc) is 2.74. The van der Waals surface area contributed by atoms with Gasteiger partial charge in [0, 0.05) is 30.3 Å². The summed E-state index contributed by atoms with van der Waals surface area (Å²) in [7, 11) is 0. The predicted molar refractivity (Wildman–Crippen MR) is 121 cm³/mol. The third kappa shape index (κ3) is 6.73. The van der Waals surface area contributed by atoms with E-state index in [0.29, 0.717) is 24.2 Å². The topological polar surface area (TPSA) is 56.2 Å². The Balaban J connectivity index is 1.56. The fourth-order valence-corrected chi connectivity index (χ4v) is 4.84. The molecule has 4 nitrogen and oxygen atoms in total. The van der Waals surface area contributed by atoms with Crippen LogP contribution in [0.2, 0.25) is 0 Å². The summed E-state index contributed by atoms with van der Waals surface area (Å²) >= 11 is 0. The Morgan fingerprint density at radius 2 is 1.59 bits per heavy atom. The maximum Gasteiger partial charge on any atom is 0.318 e. The normalized spacial score (nSPS) is 19.8. The van der Waals surface area contributed by atoms with Gasteiger partial charge in [-0.2, -0.15) is 0 Å². The molecule has 2 N–H and O–H groups in total. The number of carbonyl (C=O) groups is 1. The van der Waals surface area contributed by atoms with Gasteiger partial charge < -0.3 is 15.6 Å². The van der Waals surface area contributed by atoms with Gasteiger partial charge in [0.15, 0.2) is 0 Å². The first kappa shape index (κ1) is 21.6. The van der Waals surface area contributed by atoms with Crippen molar-refractivity contribution in [2.24, 2.45) is 0 Å². The van der Waals surface area contributed by atoms with E-state index in [2.05, 4.69) is 10.2 Å². The van der Waals surface area contributed by atoms with Gasteiger partial charge in [0.2, 0.25) is 0 Å². The van der Waals surface area contributed by atoms with Crippen LogP contribution in [0.15, 0.2) is 36.4 Å². The summed E-state index contributed by atoms with van der Waals surface area (Å²) in [5.74, 6) is 0. The molecule has 0 unspecified atom stereocenters. The molecular weight excluding hydrogens is 358 g/mol. The molecule has 0 radical (unpaired) electrons. The smallest absolute Gasteiger partial charge is 0.318 e. The van der Waals surface area contributed by atoms with Crippen molar-refractivity contribution in [1.82, 2.24) is 10.2 Å². The number of urea groups is 1. The predicted octanol–water partition coefficient (Wildman–Crippen LogP) is 6.18. The highest BCUT2D eigenvalue weighted by atomic mass is 16.2. The summed E-state index contributed by atoms with van der Waals surface area (Å²) in [6.07, 6.45) is 16.5. The summed E-state index contributed by atoms with van der Waals surface area (Å²) in [4.78, 5) is 15.4. The molecule has 0 spiro atoms. The molecular formula is C25H37N3O. The van der Waals surface area contributed by atoms with Crippen LogP contribution >= 0.6 is 0 Å². The van der Waals surface area contributed by atoms with Crippen molar-refractivity contribution in [2.45, 2.75) is 95.7 Å². The Bertz CT molecular complexity index is 655. The van der Waals surface area contributed by atoms with E-state index < -0.39 is 0 Å². The number of hydrogen-bond donors (Lipinski definition) is 2. The van der Waals surface area contributed by atoms with Crippen molar-refractivity contribution >= 4 is 17.8 Å². The molecule has 0 bridgehead atoms. The number of benzene rings is 1. The van der Waals surface area contributed by atoms with E-state index in [1.165, 1.54) is 38.5 Å². The van der Waals surface area contributed by atoms with Gasteiger partial charge in [-0.05, 0) is 44.2 Å². The molecule has 3 rings (SSSR count). The average molecular weight is 396 g/mol. The Morgan fingerprint density at radius 3 is 2.14 bits per heavy atom. The van der Waals surface area contributed by atoms with Gasteiger partial charge in [0.25, 0.3) is 0 Å². The summed E-state index contributed by atoms with van der Waals surface area (Å²) in [6, 6.07) is 10.9. The summed E-state index contributed by atoms with van der Waals surface area (Å²) in [5, 5.41) is 11.5. The molecule has 1 atom stereocenters. The third-order valence-electron chi connectivity index (χ3n) is 6.34. The Labute approximate surface area is 176 Å². The first-order chi connectivity index (χ1) is 14.1. The van der Waals surface area contributed by atoms with Crippen LogP contribution in [0.1, 0.15) is 83.1 Å². The Morgan fingerprint density at radius 1 is 1.03 bits per heavy atom. The first-order valence-corrected chi connectivity index (χ1v) is 11.5. The van der Waals surface area contributed by atoms with E-state index in [9.17, 15) is 4.79 Å². The van der Waals surface area contributed by atoms with Crippen LogP contribution in [0.4, 0.5) is 4.79 Å². The number of hydrogen-bond acceptors (Lipinski definition) is 2. The van der Waals surface area contributed by atoms with Crippen LogP contribution in [-0.4, -0.2) is 34.8 Å². The van der Waals surface area contributed by atoms with E-state index in [4.69, 9.17) is 5.41 Å². The number of rotatable bonds is 7. The molecule has 29 heavy (non-hydrogen) atoms. The van der Waals surface area contributed by atoms with Crippen LogP contribution in [-0.2, 0) is 0 Å². The van der Waals surface area contributed by atoms with Crippen LogP contribution in [0.25, 0.3) is 6.08 Å². The van der Waals surface area contributed by atoms with Crippen LogP contribution in [0.5, 0.6) is 0 Å². The van der Waals surface area contributed by atoms with Gasteiger partial charge in [-0.25, -0.2) is 4.79 Å². The number of amides is 2. The lowest BCUT2D eigenvalue weighted by molar-refractivity contribution is 0.103. The Kier molecular flexibility index (Phi) is 8.33. The number of nitrogens with zero attached hydrogens (tertiary/aromatic N) is 1. The lowest BCUT2D eigenvalue weighted by Crippen LogP contribution is -2.54. The quantitative estimate of drug-likeness (QED) is 0.533. The minimum absolute atomic E-state index is 0.0369. The molecule has 2 aliphatic rings. The highest BCUT2D eigenvalue weighted by Gasteiger charge is 2.32. The van der Waals surface area contributed by atoms with E-state index in [0.717, 1.165) is 31.2 Å². The van der Waals surface area contributed by atoms with Crippen LogP contribution in [0, 0.1) is 5.41 Å². The highest BCUT2D eigenvalue weighted by Crippen LogP contribution is 2.30. The second-order valence-corrected chi connectivity index (χ2v) is 8.81. The SMILES string of the molecule is C[C@@H](CC(=N)C=Cc1ccccc1)NC(=O)N(C1CCCCC1)C1CCCCC1. The molecule has 0 heterocycles. The number of nitrogens with one attached hydrogen (secondary N) is 2. The van der Waals surface area contributed by atoms with Crippen LogP contribution in [0.3, 0.4) is 0 Å². The molecule has 0 aliphatic heterocycles. The minimum atomic E-state index is -0.0369. The fraction of sp³-hybridized carbons (Fsp3) is 0.600. The third-order valence-corrected chi connectivity index (χ3v) is 6.34. The second-order valence-electron chi connectivity index (χ2n) is 8.81. The molecule has 2 aliphatic carbocycles. The molecule has 0 aromatic heterocycles. The Hall–Kier alpha value is -2.10. The molecule has 1 aromatic rings. The van der Waals surface area contributed by atoms with Crippen molar-refractivity contribution in [3.05, 3.63) is 42.0 Å². The lowest BCUT2D eigenvalue weighted by Gasteiger charge is -2.42. The molecule has 158 valence electrons. The van der Waals surface area contributed by atoms with Gasteiger partial charge in [-0.3, -0.25) is 0 Å². The van der Waals surface area contributed by atoms with Crippen molar-refractivity contribution in [1.29, 1.82) is 5.41 Å².